The van der Waals surface area contributed by atoms with Gasteiger partial charge in [-0.2, -0.15) is 0 Å². The second-order valence-electron chi connectivity index (χ2n) is 3.80. The van der Waals surface area contributed by atoms with Crippen LogP contribution in [-0.4, -0.2) is 10.1 Å². The van der Waals surface area contributed by atoms with Crippen LogP contribution >= 0.6 is 22.9 Å². The molecule has 0 spiro atoms. The van der Waals surface area contributed by atoms with Crippen molar-refractivity contribution in [2.45, 2.75) is 6.42 Å². The summed E-state index contributed by atoms with van der Waals surface area (Å²) in [6, 6.07) is 9.41. The molecule has 0 atom stereocenters. The first kappa shape index (κ1) is 11.4. The number of aromatic nitrogens is 3. The van der Waals surface area contributed by atoms with E-state index >= 15 is 0 Å². The van der Waals surface area contributed by atoms with Crippen molar-refractivity contribution in [3.05, 3.63) is 52.9 Å². The summed E-state index contributed by atoms with van der Waals surface area (Å²) in [5, 5.41) is 15.5. The lowest BCUT2D eigenvalue weighted by atomic mass is 10.1. The monoisotopic (exact) mass is 277 g/mol. The van der Waals surface area contributed by atoms with Gasteiger partial charge in [-0.15, -0.1) is 0 Å². The molecule has 0 radical (unpaired) electrons. The highest BCUT2D eigenvalue weighted by Crippen LogP contribution is 2.15. The maximum atomic E-state index is 11.3. The minimum absolute atomic E-state index is 0.184. The lowest BCUT2D eigenvalue weighted by molar-refractivity contribution is -0.589. The predicted octanol–water partition coefficient (Wildman–Crippen LogP) is 1.59. The Balaban J connectivity index is 2.01. The summed E-state index contributed by atoms with van der Waals surface area (Å²) in [5.41, 5.74) is 1.98. The lowest BCUT2D eigenvalue weighted by Gasteiger charge is -1.97. The Labute approximate surface area is 112 Å². The smallest absolute Gasteiger partial charge is 0.294 e. The van der Waals surface area contributed by atoms with Gasteiger partial charge in [0.05, 0.1) is 6.42 Å². The minimum atomic E-state index is -0.184. The van der Waals surface area contributed by atoms with E-state index in [1.54, 1.807) is 16.8 Å². The maximum Gasteiger partial charge on any atom is 0.294 e. The number of halogens is 1. The molecule has 0 aliphatic carbocycles. The van der Waals surface area contributed by atoms with Gasteiger partial charge in [0.2, 0.25) is 5.69 Å². The van der Waals surface area contributed by atoms with Gasteiger partial charge in [0.25, 0.3) is 4.83 Å². The molecule has 3 aromatic rings. The third kappa shape index (κ3) is 2.14. The number of nitrogens with zero attached hydrogens (tertiary/aromatic N) is 3. The zero-order valence-corrected chi connectivity index (χ0v) is 10.8. The third-order valence-electron chi connectivity index (χ3n) is 2.56. The molecule has 0 aliphatic rings. The molecule has 18 heavy (non-hydrogen) atoms. The van der Waals surface area contributed by atoms with Crippen LogP contribution in [0.5, 0.6) is 5.19 Å². The number of fused-ring (bicyclic) bond motifs is 1. The van der Waals surface area contributed by atoms with Crippen LogP contribution in [0.1, 0.15) is 11.3 Å². The normalized spacial score (nSPS) is 10.9. The first-order valence-corrected chi connectivity index (χ1v) is 6.50. The van der Waals surface area contributed by atoms with Gasteiger partial charge in [-0.3, -0.25) is 0 Å². The fourth-order valence-electron chi connectivity index (χ4n) is 1.76. The molecule has 6 heteroatoms. The van der Waals surface area contributed by atoms with Crippen molar-refractivity contribution in [1.29, 1.82) is 0 Å². The van der Waals surface area contributed by atoms with Gasteiger partial charge in [0.15, 0.2) is 0 Å². The van der Waals surface area contributed by atoms with E-state index in [0.29, 0.717) is 11.6 Å². The van der Waals surface area contributed by atoms with Crippen LogP contribution in [0.15, 0.2) is 36.5 Å². The fraction of sp³-hybridized carbons (Fsp3) is 0.0833. The molecule has 0 fully saturated rings. The Morgan fingerprint density at radius 3 is 2.94 bits per heavy atom. The van der Waals surface area contributed by atoms with Gasteiger partial charge < -0.3 is 5.11 Å². The molecule has 0 saturated carbocycles. The van der Waals surface area contributed by atoms with E-state index in [1.807, 2.05) is 24.3 Å². The van der Waals surface area contributed by atoms with Crippen molar-refractivity contribution in [2.24, 2.45) is 0 Å². The SMILES string of the molecule is [O-]c1n[n+]2c(Cc3ccc(Cl)nc3)cccc2s1. The molecular formula is C12H8ClN3OS. The molecule has 4 nitrogen and oxygen atoms in total. The van der Waals surface area contributed by atoms with Crippen LogP contribution in [0, 0.1) is 0 Å². The highest BCUT2D eigenvalue weighted by atomic mass is 35.5. The average molecular weight is 278 g/mol. The van der Waals surface area contributed by atoms with Crippen molar-refractivity contribution in [2.75, 3.05) is 0 Å². The Kier molecular flexibility index (Phi) is 2.85. The van der Waals surface area contributed by atoms with Crippen LogP contribution in [0.4, 0.5) is 0 Å². The summed E-state index contributed by atoms with van der Waals surface area (Å²) in [5.74, 6) is 0. The van der Waals surface area contributed by atoms with Gasteiger partial charge in [-0.25, -0.2) is 4.98 Å². The summed E-state index contributed by atoms with van der Waals surface area (Å²) in [7, 11) is 0. The van der Waals surface area contributed by atoms with E-state index in [1.165, 1.54) is 0 Å². The summed E-state index contributed by atoms with van der Waals surface area (Å²) in [6.45, 7) is 0. The molecule has 0 bridgehead atoms. The lowest BCUT2D eigenvalue weighted by Crippen LogP contribution is -2.29. The molecule has 3 aromatic heterocycles. The predicted molar refractivity (Wildman–Crippen MR) is 66.8 cm³/mol. The standard InChI is InChI=1S/C12H8ClN3OS/c13-10-5-4-8(7-14-10)6-9-2-1-3-11-16(9)15-12(17)18-11/h1-5,7H,6H2. The van der Waals surface area contributed by atoms with Gasteiger partial charge >= 0.3 is 0 Å². The van der Waals surface area contributed by atoms with E-state index in [2.05, 4.69) is 10.1 Å². The summed E-state index contributed by atoms with van der Waals surface area (Å²) in [4.78, 5) is 4.88. The zero-order valence-electron chi connectivity index (χ0n) is 9.21. The van der Waals surface area contributed by atoms with Gasteiger partial charge in [0.1, 0.15) is 10.3 Å². The second kappa shape index (κ2) is 4.51. The van der Waals surface area contributed by atoms with E-state index in [4.69, 9.17) is 11.6 Å². The van der Waals surface area contributed by atoms with Gasteiger partial charge in [0, 0.05) is 23.4 Å². The van der Waals surface area contributed by atoms with Crippen LogP contribution in [0.25, 0.3) is 4.83 Å². The number of hydrogen-bond donors (Lipinski definition) is 0. The van der Waals surface area contributed by atoms with Crippen LogP contribution in [-0.2, 0) is 6.42 Å². The van der Waals surface area contributed by atoms with Crippen molar-refractivity contribution in [1.82, 2.24) is 10.1 Å². The summed E-state index contributed by atoms with van der Waals surface area (Å²) >= 11 is 6.88. The quantitative estimate of drug-likeness (QED) is 0.528. The molecule has 0 aliphatic heterocycles. The Morgan fingerprint density at radius 1 is 1.28 bits per heavy atom. The second-order valence-corrected chi connectivity index (χ2v) is 5.16. The minimum Gasteiger partial charge on any atom is -0.847 e. The molecule has 0 aromatic carbocycles. The Hall–Kier alpha value is -1.72. The number of rotatable bonds is 2. The third-order valence-corrected chi connectivity index (χ3v) is 3.55. The van der Waals surface area contributed by atoms with Crippen LogP contribution < -0.4 is 9.62 Å². The average Bonchev–Trinajstić information content (AvgIpc) is 2.73. The molecule has 0 N–H and O–H groups in total. The molecular weight excluding hydrogens is 270 g/mol. The van der Waals surface area contributed by atoms with Crippen molar-refractivity contribution < 1.29 is 9.62 Å². The summed E-state index contributed by atoms with van der Waals surface area (Å²) in [6.07, 6.45) is 2.39. The molecule has 90 valence electrons. The van der Waals surface area contributed by atoms with E-state index < -0.39 is 0 Å². The maximum absolute atomic E-state index is 11.3. The Morgan fingerprint density at radius 2 is 2.17 bits per heavy atom. The first-order chi connectivity index (χ1) is 8.72. The molecule has 0 saturated heterocycles. The van der Waals surface area contributed by atoms with Gasteiger partial charge in [-0.05, 0) is 22.2 Å². The first-order valence-electron chi connectivity index (χ1n) is 5.30. The topological polar surface area (TPSA) is 52.9 Å². The van der Waals surface area contributed by atoms with Crippen molar-refractivity contribution in [3.8, 4) is 5.19 Å². The molecule has 0 unspecified atom stereocenters. The van der Waals surface area contributed by atoms with Crippen LogP contribution in [0.3, 0.4) is 0 Å². The largest absolute Gasteiger partial charge is 0.847 e. The number of hydrogen-bond acceptors (Lipinski definition) is 4. The summed E-state index contributed by atoms with van der Waals surface area (Å²) < 4.78 is 1.68. The number of pyridine rings is 2. The van der Waals surface area contributed by atoms with Gasteiger partial charge in [-0.1, -0.05) is 29.0 Å². The van der Waals surface area contributed by atoms with Crippen molar-refractivity contribution >= 4 is 27.8 Å². The van der Waals surface area contributed by atoms with E-state index in [9.17, 15) is 5.11 Å². The highest BCUT2D eigenvalue weighted by Gasteiger charge is 2.14. The van der Waals surface area contributed by atoms with E-state index in [0.717, 1.165) is 27.4 Å². The highest BCUT2D eigenvalue weighted by molar-refractivity contribution is 7.18. The molecule has 0 amide bonds. The Bertz CT molecular complexity index is 696. The fourth-order valence-corrected chi connectivity index (χ4v) is 2.56. The zero-order chi connectivity index (χ0) is 12.5. The van der Waals surface area contributed by atoms with E-state index in [-0.39, 0.29) is 5.19 Å². The molecule has 3 rings (SSSR count). The molecule has 3 heterocycles. The van der Waals surface area contributed by atoms with Crippen molar-refractivity contribution in [3.63, 3.8) is 0 Å². The van der Waals surface area contributed by atoms with Crippen LogP contribution in [0.2, 0.25) is 5.15 Å².